The topological polar surface area (TPSA) is 0 Å². The van der Waals surface area contributed by atoms with Crippen molar-refractivity contribution in [1.82, 2.24) is 0 Å². The van der Waals surface area contributed by atoms with Gasteiger partial charge in [0.25, 0.3) is 0 Å². The number of hydrogen-bond donors (Lipinski definition) is 0. The van der Waals surface area contributed by atoms with Crippen LogP contribution in [0.15, 0.2) is 0 Å². The van der Waals surface area contributed by atoms with E-state index in [1.54, 1.807) is 0 Å². The van der Waals surface area contributed by atoms with Crippen molar-refractivity contribution in [3.8, 4) is 0 Å². The standard InChI is InChI=1S/7Fe.17Mg.7Ni.34H/q;;;;;;;17*+2;;;;;;;;34*-1. The van der Waals surface area contributed by atoms with Gasteiger partial charge in [0.15, 0.2) is 0 Å². The van der Waals surface area contributed by atoms with E-state index < -0.39 is 0 Å². The molecule has 194 valence electrons. The van der Waals surface area contributed by atoms with Gasteiger partial charge in [-0.3, -0.25) is 0 Å². The van der Waals surface area contributed by atoms with Crippen LogP contribution >= 0.6 is 0 Å². The average molecular weight is 1250 g/mol. The normalized spacial score (nSPS) is 0. The van der Waals surface area contributed by atoms with Crippen molar-refractivity contribution >= 4 is 392 Å². The van der Waals surface area contributed by atoms with Crippen LogP contribution in [-0.4, -0.2) is 392 Å². The summed E-state index contributed by atoms with van der Waals surface area (Å²) in [6.45, 7) is 0. The summed E-state index contributed by atoms with van der Waals surface area (Å²) in [5, 5.41) is 0. The van der Waals surface area contributed by atoms with Crippen molar-refractivity contribution in [2.45, 2.75) is 0 Å². The van der Waals surface area contributed by atoms with Gasteiger partial charge in [-0.25, -0.2) is 0 Å². The van der Waals surface area contributed by atoms with Crippen molar-refractivity contribution in [3.05, 3.63) is 0 Å². The van der Waals surface area contributed by atoms with Crippen LogP contribution in [0.25, 0.3) is 0 Å². The summed E-state index contributed by atoms with van der Waals surface area (Å²) >= 11 is 0. The van der Waals surface area contributed by atoms with E-state index in [1.807, 2.05) is 0 Å². The van der Waals surface area contributed by atoms with Gasteiger partial charge in [0.2, 0.25) is 0 Å². The first-order valence-corrected chi connectivity index (χ1v) is 0. The summed E-state index contributed by atoms with van der Waals surface area (Å²) in [5.41, 5.74) is 0. The molecule has 0 amide bonds. The molecule has 0 heterocycles. The largest absolute Gasteiger partial charge is 2.00 e. The molecule has 31 heteroatoms. The van der Waals surface area contributed by atoms with Crippen LogP contribution < -0.4 is 0 Å². The fourth-order valence-corrected chi connectivity index (χ4v) is 0. The van der Waals surface area contributed by atoms with Crippen molar-refractivity contribution in [2.24, 2.45) is 0 Å². The molecule has 0 aromatic rings. The van der Waals surface area contributed by atoms with Crippen molar-refractivity contribution in [3.63, 3.8) is 0 Å². The van der Waals surface area contributed by atoms with Gasteiger partial charge in [0.05, 0.1) is 0 Å². The molecule has 0 saturated heterocycles. The van der Waals surface area contributed by atoms with Gasteiger partial charge in [-0.2, -0.15) is 0 Å². The van der Waals surface area contributed by atoms with Gasteiger partial charge in [-0.1, -0.05) is 0 Å². The van der Waals surface area contributed by atoms with Gasteiger partial charge in [0.1, 0.15) is 0 Å². The maximum atomic E-state index is 0. The van der Waals surface area contributed by atoms with Crippen LogP contribution in [-0.2, 0) is 235 Å². The summed E-state index contributed by atoms with van der Waals surface area (Å²) < 4.78 is 0. The second-order valence-corrected chi connectivity index (χ2v) is 0. The molecule has 0 radical (unpaired) electrons. The molecule has 0 fully saturated rings. The smallest absolute Gasteiger partial charge is 1.00 e. The van der Waals surface area contributed by atoms with Gasteiger partial charge in [-0.15, -0.1) is 0 Å². The molecule has 0 aliphatic rings. The third-order valence-corrected chi connectivity index (χ3v) is 0. The Kier molecular flexibility index (Phi) is 3060. The monoisotopic (exact) mass is 1240 g/mol. The van der Waals surface area contributed by atoms with E-state index in [-0.39, 0.29) is 675 Å². The third-order valence-electron chi connectivity index (χ3n) is 0. The zero-order chi connectivity index (χ0) is 0. The molecule has 0 spiro atoms. The molecular formula is H34Fe7Mg17Ni7. The van der Waals surface area contributed by atoms with E-state index in [0.29, 0.717) is 0 Å². The van der Waals surface area contributed by atoms with Crippen LogP contribution in [0.2, 0.25) is 0 Å². The first-order chi connectivity index (χ1) is 0. The molecule has 0 aliphatic carbocycles. The predicted molar refractivity (Wildman–Crippen MR) is 136 cm³/mol. The van der Waals surface area contributed by atoms with E-state index in [4.69, 9.17) is 0 Å². The van der Waals surface area contributed by atoms with Crippen LogP contribution in [0.3, 0.4) is 0 Å². The van der Waals surface area contributed by atoms with E-state index in [0.717, 1.165) is 0 Å². The minimum absolute atomic E-state index is 0. The molecule has 0 saturated carbocycles. The summed E-state index contributed by atoms with van der Waals surface area (Å²) in [6, 6.07) is 0. The van der Waals surface area contributed by atoms with E-state index in [9.17, 15) is 0 Å². The second-order valence-electron chi connectivity index (χ2n) is 0. The quantitative estimate of drug-likeness (QED) is 0.233. The number of hydrogen-bond acceptors (Lipinski definition) is 0. The summed E-state index contributed by atoms with van der Waals surface area (Å²) in [6.07, 6.45) is 0. The third kappa shape index (κ3) is 287. The fourth-order valence-electron chi connectivity index (χ4n) is 0. The Hall–Kier alpha value is 20.1. The Morgan fingerprint density at radius 3 is 0.129 bits per heavy atom. The van der Waals surface area contributed by atoms with E-state index in [1.165, 1.54) is 0 Å². The fraction of sp³-hybridized carbons (Fsp3) is 0. The first kappa shape index (κ1) is 317. The van der Waals surface area contributed by atoms with Crippen molar-refractivity contribution in [2.75, 3.05) is 0 Å². The zero-order valence-electron chi connectivity index (χ0n) is 50.7. The molecule has 0 aromatic carbocycles. The maximum Gasteiger partial charge on any atom is 2.00 e. The molecule has 0 aliphatic heterocycles. The van der Waals surface area contributed by atoms with Crippen LogP contribution in [0.5, 0.6) is 0 Å². The van der Waals surface area contributed by atoms with Gasteiger partial charge >= 0.3 is 392 Å². The summed E-state index contributed by atoms with van der Waals surface area (Å²) in [5.74, 6) is 0. The second kappa shape index (κ2) is 299. The van der Waals surface area contributed by atoms with Gasteiger partial charge < -0.3 is 48.5 Å². The minimum atomic E-state index is 0. The molecule has 0 aromatic heterocycles. The molecule has 0 atom stereocenters. The molecule has 0 N–H and O–H groups in total. The van der Waals surface area contributed by atoms with Crippen LogP contribution in [0.1, 0.15) is 48.5 Å². The molecule has 0 bridgehead atoms. The van der Waals surface area contributed by atoms with E-state index >= 15 is 0 Å². The van der Waals surface area contributed by atoms with Gasteiger partial charge in [0, 0.05) is 235 Å². The number of rotatable bonds is 0. The Morgan fingerprint density at radius 1 is 0.129 bits per heavy atom. The predicted octanol–water partition coefficient (Wildman–Crippen LogP) is -2.68. The molecule has 0 rings (SSSR count). The van der Waals surface area contributed by atoms with Crippen molar-refractivity contribution in [1.29, 1.82) is 0 Å². The maximum absolute atomic E-state index is 0. The minimum Gasteiger partial charge on any atom is -1.00 e. The van der Waals surface area contributed by atoms with Crippen LogP contribution in [0, 0.1) is 0 Å². The Balaban J connectivity index is 0. The van der Waals surface area contributed by atoms with Crippen molar-refractivity contribution < 1.29 is 283 Å². The SMILES string of the molecule is [Fe].[Fe].[Fe].[Fe].[Fe].[Fe].[Fe].[H-].[H-].[H-].[H-].[H-].[H-].[H-].[H-].[H-].[H-].[H-].[H-].[H-].[H-].[H-].[H-].[H-].[H-].[H-].[H-].[H-].[H-].[H-].[H-].[H-].[H-].[H-].[H-].[H-].[H-].[H-].[H-].[H-].[H-].[Mg+2].[Mg+2].[Mg+2].[Mg+2].[Mg+2].[Mg+2].[Mg+2].[Mg+2].[Mg+2].[Mg+2].[Mg+2].[Mg+2].[Mg+2].[Mg+2].[Mg+2].[Mg+2].[Mg+2].[Ni].[Ni].[Ni].[Ni].[Ni].[Ni].[Ni]. The molecule has 31 heavy (non-hydrogen) atoms. The summed E-state index contributed by atoms with van der Waals surface area (Å²) in [7, 11) is 0. The van der Waals surface area contributed by atoms with Gasteiger partial charge in [-0.05, 0) is 0 Å². The zero-order valence-corrected chi connectivity index (χ0v) is 55.4. The molecule has 0 unspecified atom stereocenters. The van der Waals surface area contributed by atoms with E-state index in [2.05, 4.69) is 0 Å². The Bertz CT molecular complexity index is 110. The molecule has 0 nitrogen and oxygen atoms in total. The summed E-state index contributed by atoms with van der Waals surface area (Å²) in [4.78, 5) is 0. The Labute approximate surface area is 659 Å². The average Bonchev–Trinajstić information content (AvgIpc) is 0. The first-order valence-electron chi connectivity index (χ1n) is 0. The molecular weight excluding hydrogens is 1210 g/mol. The van der Waals surface area contributed by atoms with Crippen LogP contribution in [0.4, 0.5) is 0 Å². The Morgan fingerprint density at radius 2 is 0.129 bits per heavy atom.